The Morgan fingerprint density at radius 2 is 1.84 bits per heavy atom. The fraction of sp³-hybridized carbons (Fsp3) is 0.690. The van der Waals surface area contributed by atoms with Gasteiger partial charge >= 0.3 is 17.9 Å². The summed E-state index contributed by atoms with van der Waals surface area (Å²) in [6, 6.07) is 0. The lowest BCUT2D eigenvalue weighted by Crippen LogP contribution is -2.63. The molecule has 0 radical (unpaired) electrons. The Bertz CT molecular complexity index is 1000. The summed E-state index contributed by atoms with van der Waals surface area (Å²) < 4.78 is 23.1. The van der Waals surface area contributed by atoms with E-state index in [0.29, 0.717) is 24.0 Å². The van der Waals surface area contributed by atoms with E-state index in [9.17, 15) is 24.6 Å². The first kappa shape index (κ1) is 30.1. The van der Waals surface area contributed by atoms with Crippen LogP contribution in [-0.4, -0.2) is 59.0 Å². The summed E-state index contributed by atoms with van der Waals surface area (Å²) in [5.74, 6) is -2.53. The van der Waals surface area contributed by atoms with Crippen molar-refractivity contribution in [1.29, 1.82) is 0 Å². The molecule has 2 N–H and O–H groups in total. The van der Waals surface area contributed by atoms with Crippen molar-refractivity contribution >= 4 is 17.9 Å². The second-order valence-electron chi connectivity index (χ2n) is 11.3. The molecule has 1 aliphatic heterocycles. The van der Waals surface area contributed by atoms with E-state index in [4.69, 9.17) is 18.9 Å². The summed E-state index contributed by atoms with van der Waals surface area (Å²) in [7, 11) is 0. The van der Waals surface area contributed by atoms with Gasteiger partial charge in [-0.2, -0.15) is 0 Å². The quantitative estimate of drug-likeness (QED) is 0.197. The van der Waals surface area contributed by atoms with E-state index in [1.807, 2.05) is 20.8 Å². The lowest BCUT2D eigenvalue weighted by Gasteiger charge is -2.60. The Hall–Kier alpha value is -2.49. The predicted octanol–water partition coefficient (Wildman–Crippen LogP) is 3.59. The molecule has 0 aromatic carbocycles. The minimum absolute atomic E-state index is 0.101. The molecule has 0 amide bonds. The highest BCUT2D eigenvalue weighted by atomic mass is 16.8. The molecular weight excluding hydrogens is 492 g/mol. The largest absolute Gasteiger partial charge is 0.458 e. The lowest BCUT2D eigenvalue weighted by molar-refractivity contribution is -0.256. The summed E-state index contributed by atoms with van der Waals surface area (Å²) in [5, 5.41) is 22.8. The van der Waals surface area contributed by atoms with Crippen LogP contribution < -0.4 is 0 Å². The lowest BCUT2D eigenvalue weighted by atomic mass is 9.44. The van der Waals surface area contributed by atoms with E-state index in [0.717, 1.165) is 0 Å². The number of esters is 3. The van der Waals surface area contributed by atoms with Crippen molar-refractivity contribution in [3.63, 3.8) is 0 Å². The number of hydrogen-bond acceptors (Lipinski definition) is 9. The summed E-state index contributed by atoms with van der Waals surface area (Å²) in [4.78, 5) is 37.0. The number of carbonyl (C=O) groups is 3. The molecule has 9 nitrogen and oxygen atoms in total. The number of hydrogen-bond donors (Lipinski definition) is 2. The van der Waals surface area contributed by atoms with E-state index in [-0.39, 0.29) is 30.6 Å². The van der Waals surface area contributed by atoms with Crippen molar-refractivity contribution < 1.29 is 43.5 Å². The third-order valence-corrected chi connectivity index (χ3v) is 9.00. The number of aliphatic hydroxyl groups is 2. The SMILES string of the molecule is C=CC(=C)[C@@H](O)C[C@]1(C)[C@H]2C[C@@H](OC(=O)[C@@H](C)CC)C=C3[C@H](OC(C)=O)O[C@H](OC(C)=O)[C@@]32[C@H](O)C[C@@H]1C. The van der Waals surface area contributed by atoms with Crippen LogP contribution in [0.1, 0.15) is 67.2 Å². The van der Waals surface area contributed by atoms with Gasteiger partial charge in [0.1, 0.15) is 6.10 Å². The van der Waals surface area contributed by atoms with Crippen molar-refractivity contribution in [2.24, 2.45) is 28.6 Å². The van der Waals surface area contributed by atoms with Gasteiger partial charge in [0.25, 0.3) is 0 Å². The zero-order chi connectivity index (χ0) is 28.6. The highest BCUT2D eigenvalue weighted by molar-refractivity contribution is 5.72. The fourth-order valence-electron chi connectivity index (χ4n) is 6.52. The molecule has 2 fully saturated rings. The van der Waals surface area contributed by atoms with Crippen LogP contribution in [0.25, 0.3) is 0 Å². The van der Waals surface area contributed by atoms with E-state index in [1.165, 1.54) is 19.9 Å². The Labute approximate surface area is 224 Å². The molecule has 0 aromatic heterocycles. The zero-order valence-electron chi connectivity index (χ0n) is 23.3. The van der Waals surface area contributed by atoms with Crippen LogP contribution in [-0.2, 0) is 33.3 Å². The smallest absolute Gasteiger partial charge is 0.309 e. The molecule has 1 saturated carbocycles. The first-order chi connectivity index (χ1) is 17.7. The molecule has 9 heteroatoms. The van der Waals surface area contributed by atoms with Crippen LogP contribution in [0.3, 0.4) is 0 Å². The Morgan fingerprint density at radius 3 is 2.39 bits per heavy atom. The van der Waals surface area contributed by atoms with Crippen LogP contribution in [0.15, 0.2) is 36.5 Å². The molecule has 2 aliphatic carbocycles. The highest BCUT2D eigenvalue weighted by Gasteiger charge is 2.71. The molecule has 38 heavy (non-hydrogen) atoms. The van der Waals surface area contributed by atoms with Crippen LogP contribution >= 0.6 is 0 Å². The van der Waals surface area contributed by atoms with Gasteiger partial charge in [-0.1, -0.05) is 46.9 Å². The molecule has 1 heterocycles. The standard InChI is InChI=1S/C29H42O9/c1-9-15(3)22(32)14-28(8)17(5)11-24(33)29-21(26(35-18(6)30)38-27(29)36-19(7)31)12-20(13-23(28)29)37-25(34)16(4)10-2/h9,12,16-17,20,22-24,26-27,32-33H,1,3,10-11,13-14H2,2,4-8H3/t16-,17-,20-,22-,23+,24+,26+,27-,28-,29-/m0/s1. The number of carbonyl (C=O) groups excluding carboxylic acids is 3. The Balaban J connectivity index is 2.22. The molecule has 0 aromatic rings. The first-order valence-electron chi connectivity index (χ1n) is 13.3. The maximum atomic E-state index is 12.8. The van der Waals surface area contributed by atoms with Crippen LogP contribution in [0, 0.1) is 28.6 Å². The van der Waals surface area contributed by atoms with E-state index in [1.54, 1.807) is 13.0 Å². The normalized spacial score (nSPS) is 37.5. The van der Waals surface area contributed by atoms with Gasteiger partial charge in [-0.25, -0.2) is 0 Å². The molecule has 1 saturated heterocycles. The van der Waals surface area contributed by atoms with Crippen molar-refractivity contribution in [2.75, 3.05) is 0 Å². The van der Waals surface area contributed by atoms with Crippen LogP contribution in [0.4, 0.5) is 0 Å². The summed E-state index contributed by atoms with van der Waals surface area (Å²) in [5.41, 5.74) is -1.10. The average molecular weight is 535 g/mol. The van der Waals surface area contributed by atoms with Gasteiger partial charge in [-0.05, 0) is 54.6 Å². The molecule has 212 valence electrons. The third kappa shape index (κ3) is 5.20. The molecule has 3 aliphatic rings. The second-order valence-corrected chi connectivity index (χ2v) is 11.3. The van der Waals surface area contributed by atoms with Gasteiger partial charge in [-0.15, -0.1) is 0 Å². The monoisotopic (exact) mass is 534 g/mol. The second kappa shape index (κ2) is 11.3. The van der Waals surface area contributed by atoms with Crippen molar-refractivity contribution in [1.82, 2.24) is 0 Å². The van der Waals surface area contributed by atoms with Gasteiger partial charge in [0, 0.05) is 19.4 Å². The summed E-state index contributed by atoms with van der Waals surface area (Å²) >= 11 is 0. The van der Waals surface area contributed by atoms with Gasteiger partial charge in [0.05, 0.1) is 23.5 Å². The molecule has 10 atom stereocenters. The molecule has 0 bridgehead atoms. The molecule has 0 unspecified atom stereocenters. The van der Waals surface area contributed by atoms with Gasteiger partial charge in [-0.3, -0.25) is 19.1 Å². The minimum atomic E-state index is -1.29. The maximum absolute atomic E-state index is 12.8. The Morgan fingerprint density at radius 1 is 1.21 bits per heavy atom. The van der Waals surface area contributed by atoms with E-state index in [2.05, 4.69) is 13.2 Å². The maximum Gasteiger partial charge on any atom is 0.309 e. The van der Waals surface area contributed by atoms with Crippen molar-refractivity contribution in [2.45, 2.75) is 98.1 Å². The van der Waals surface area contributed by atoms with Gasteiger partial charge in [0.2, 0.25) is 12.6 Å². The Kier molecular flexibility index (Phi) is 8.95. The van der Waals surface area contributed by atoms with Crippen molar-refractivity contribution in [3.8, 4) is 0 Å². The van der Waals surface area contributed by atoms with E-state index < -0.39 is 59.6 Å². The number of ether oxygens (including phenoxy) is 4. The third-order valence-electron chi connectivity index (χ3n) is 9.00. The topological polar surface area (TPSA) is 129 Å². The predicted molar refractivity (Wildman–Crippen MR) is 138 cm³/mol. The highest BCUT2D eigenvalue weighted by Crippen LogP contribution is 2.67. The summed E-state index contributed by atoms with van der Waals surface area (Å²) in [6.45, 7) is 17.8. The average Bonchev–Trinajstić information content (AvgIpc) is 3.13. The molecular formula is C29H42O9. The van der Waals surface area contributed by atoms with Gasteiger partial charge in [0.15, 0.2) is 0 Å². The zero-order valence-corrected chi connectivity index (χ0v) is 23.3. The van der Waals surface area contributed by atoms with Crippen LogP contribution in [0.2, 0.25) is 0 Å². The fourth-order valence-corrected chi connectivity index (χ4v) is 6.52. The summed E-state index contributed by atoms with van der Waals surface area (Å²) in [6.07, 6.45) is -0.516. The van der Waals surface area contributed by atoms with Gasteiger partial charge < -0.3 is 24.4 Å². The first-order valence-corrected chi connectivity index (χ1v) is 13.3. The number of rotatable bonds is 9. The molecule has 1 spiro atoms. The molecule has 3 rings (SSSR count). The number of aliphatic hydroxyl groups excluding tert-OH is 2. The van der Waals surface area contributed by atoms with E-state index >= 15 is 0 Å². The van der Waals surface area contributed by atoms with Crippen molar-refractivity contribution in [3.05, 3.63) is 36.5 Å². The minimum Gasteiger partial charge on any atom is -0.458 e. The van der Waals surface area contributed by atoms with Crippen LogP contribution in [0.5, 0.6) is 0 Å².